The van der Waals surface area contributed by atoms with E-state index >= 15 is 0 Å². The molecule has 7 heteroatoms. The van der Waals surface area contributed by atoms with Gasteiger partial charge in [-0.05, 0) is 43.6 Å². The minimum absolute atomic E-state index is 0.247. The van der Waals surface area contributed by atoms with Gasteiger partial charge in [0.2, 0.25) is 0 Å². The highest BCUT2D eigenvalue weighted by molar-refractivity contribution is 8.19. The molecule has 1 aromatic rings. The summed E-state index contributed by atoms with van der Waals surface area (Å²) in [6, 6.07) is 1.90. The van der Waals surface area contributed by atoms with E-state index in [1.807, 2.05) is 12.3 Å². The molecule has 2 unspecified atom stereocenters. The van der Waals surface area contributed by atoms with Crippen molar-refractivity contribution in [3.63, 3.8) is 0 Å². The lowest BCUT2D eigenvalue weighted by molar-refractivity contribution is 0.0211. The summed E-state index contributed by atoms with van der Waals surface area (Å²) in [6.45, 7) is 1.61. The Hall–Kier alpha value is -1.18. The molecule has 0 spiro atoms. The van der Waals surface area contributed by atoms with Crippen LogP contribution in [0.3, 0.4) is 0 Å². The van der Waals surface area contributed by atoms with E-state index in [-0.39, 0.29) is 6.10 Å². The molecule has 2 atom stereocenters. The maximum Gasteiger partial charge on any atom is 0.0946 e. The summed E-state index contributed by atoms with van der Waals surface area (Å²) in [4.78, 5) is 5.68. The first-order valence-corrected chi connectivity index (χ1v) is 10.8. The lowest BCUT2D eigenvalue weighted by Gasteiger charge is -2.26. The first-order chi connectivity index (χ1) is 11.8. The van der Waals surface area contributed by atoms with Gasteiger partial charge in [-0.3, -0.25) is 10.1 Å². The second kappa shape index (κ2) is 6.98. The molecular weight excluding hydrogens is 342 g/mol. The predicted molar refractivity (Wildman–Crippen MR) is 99.3 cm³/mol. The number of ether oxygens (including phenoxy) is 1. The van der Waals surface area contributed by atoms with Gasteiger partial charge in [-0.2, -0.15) is 5.10 Å². The normalized spacial score (nSPS) is 27.5. The van der Waals surface area contributed by atoms with Crippen LogP contribution >= 0.6 is 11.8 Å². The minimum atomic E-state index is -1.15. The SMILES string of the molecule is CSC1=C2C(CC3CCCCO3)=NCCC2=C(c2ccn[nH]2)S1=O. The molecule has 0 aliphatic carbocycles. The number of rotatable bonds is 4. The first kappa shape index (κ1) is 16.3. The molecule has 5 nitrogen and oxygen atoms in total. The van der Waals surface area contributed by atoms with Gasteiger partial charge in [0, 0.05) is 37.1 Å². The monoisotopic (exact) mass is 363 g/mol. The third-order valence-electron chi connectivity index (χ3n) is 4.71. The maximum absolute atomic E-state index is 13.1. The summed E-state index contributed by atoms with van der Waals surface area (Å²) in [5, 5.41) is 7.02. The van der Waals surface area contributed by atoms with E-state index in [0.29, 0.717) is 0 Å². The lowest BCUT2D eigenvalue weighted by Crippen LogP contribution is -2.25. The van der Waals surface area contributed by atoms with E-state index in [9.17, 15) is 4.21 Å². The van der Waals surface area contributed by atoms with Gasteiger partial charge in [0.15, 0.2) is 0 Å². The van der Waals surface area contributed by atoms with Crippen LogP contribution in [0.4, 0.5) is 0 Å². The third kappa shape index (κ3) is 2.82. The number of aliphatic imine (C=N–C) groups is 1. The minimum Gasteiger partial charge on any atom is -0.378 e. The molecule has 0 bridgehead atoms. The van der Waals surface area contributed by atoms with E-state index in [0.717, 1.165) is 65.0 Å². The molecule has 0 aromatic carbocycles. The van der Waals surface area contributed by atoms with Crippen molar-refractivity contribution in [2.45, 2.75) is 38.2 Å². The number of hydrogen-bond acceptors (Lipinski definition) is 5. The molecule has 128 valence electrons. The maximum atomic E-state index is 13.1. The summed E-state index contributed by atoms with van der Waals surface area (Å²) >= 11 is 1.57. The molecule has 3 aliphatic rings. The highest BCUT2D eigenvalue weighted by Crippen LogP contribution is 2.46. The third-order valence-corrected chi connectivity index (χ3v) is 7.62. The van der Waals surface area contributed by atoms with Crippen molar-refractivity contribution in [3.05, 3.63) is 33.3 Å². The summed E-state index contributed by atoms with van der Waals surface area (Å²) < 4.78 is 19.9. The number of thioether (sulfide) groups is 1. The topological polar surface area (TPSA) is 67.3 Å². The van der Waals surface area contributed by atoms with Crippen LogP contribution in [-0.2, 0) is 15.5 Å². The van der Waals surface area contributed by atoms with Crippen molar-refractivity contribution in [2.75, 3.05) is 19.4 Å². The number of aromatic nitrogens is 2. The molecular formula is C17H21N3O2S2. The van der Waals surface area contributed by atoms with Crippen molar-refractivity contribution in [1.82, 2.24) is 10.2 Å². The number of H-pyrrole nitrogens is 1. The van der Waals surface area contributed by atoms with Crippen LogP contribution in [0.15, 0.2) is 32.6 Å². The van der Waals surface area contributed by atoms with Crippen LogP contribution in [0.2, 0.25) is 0 Å². The fourth-order valence-electron chi connectivity index (χ4n) is 3.62. The van der Waals surface area contributed by atoms with Crippen molar-refractivity contribution >= 4 is 33.2 Å². The van der Waals surface area contributed by atoms with E-state index < -0.39 is 10.8 Å². The zero-order valence-electron chi connectivity index (χ0n) is 13.7. The van der Waals surface area contributed by atoms with Crippen LogP contribution in [-0.4, -0.2) is 45.6 Å². The quantitative estimate of drug-likeness (QED) is 0.891. The summed E-state index contributed by atoms with van der Waals surface area (Å²) in [5.74, 6) is 0. The van der Waals surface area contributed by atoms with Crippen LogP contribution in [0, 0.1) is 0 Å². The van der Waals surface area contributed by atoms with E-state index in [1.165, 1.54) is 12.0 Å². The van der Waals surface area contributed by atoms with Crippen LogP contribution in [0.25, 0.3) is 4.91 Å². The Balaban J connectivity index is 1.71. The number of fused-ring (bicyclic) bond motifs is 1. The zero-order chi connectivity index (χ0) is 16.5. The molecule has 0 radical (unpaired) electrons. The fourth-order valence-corrected chi connectivity index (χ4v) is 6.27. The fraction of sp³-hybridized carbons (Fsp3) is 0.529. The summed E-state index contributed by atoms with van der Waals surface area (Å²) in [7, 11) is -1.15. The summed E-state index contributed by atoms with van der Waals surface area (Å²) in [5.41, 5.74) is 4.24. The molecule has 0 amide bonds. The van der Waals surface area contributed by atoms with E-state index in [4.69, 9.17) is 9.73 Å². The van der Waals surface area contributed by atoms with Gasteiger partial charge in [0.05, 0.1) is 31.7 Å². The molecule has 4 heterocycles. The Kier molecular flexibility index (Phi) is 4.74. The molecule has 24 heavy (non-hydrogen) atoms. The van der Waals surface area contributed by atoms with Crippen molar-refractivity contribution in [3.8, 4) is 0 Å². The standard InChI is InChI=1S/C17H21N3O2S2/c1-23-17-15-12(16(24(17)21)13-6-8-19-20-13)5-7-18-14(15)10-11-4-2-3-9-22-11/h6,8,11H,2-5,7,9-10H2,1H3,(H,19,20). The van der Waals surface area contributed by atoms with Crippen molar-refractivity contribution < 1.29 is 8.95 Å². The Morgan fingerprint density at radius 1 is 1.46 bits per heavy atom. The first-order valence-electron chi connectivity index (χ1n) is 8.38. The molecule has 3 aliphatic heterocycles. The Morgan fingerprint density at radius 2 is 2.38 bits per heavy atom. The molecule has 4 rings (SSSR count). The lowest BCUT2D eigenvalue weighted by atomic mass is 9.91. The number of allylic oxidation sites excluding steroid dienone is 1. The molecule has 0 saturated carbocycles. The Morgan fingerprint density at radius 3 is 3.08 bits per heavy atom. The molecule has 1 fully saturated rings. The summed E-state index contributed by atoms with van der Waals surface area (Å²) in [6.07, 6.45) is 9.10. The van der Waals surface area contributed by atoms with Crippen molar-refractivity contribution in [2.24, 2.45) is 4.99 Å². The van der Waals surface area contributed by atoms with Gasteiger partial charge in [-0.25, -0.2) is 4.21 Å². The number of nitrogens with one attached hydrogen (secondary N) is 1. The van der Waals surface area contributed by atoms with Gasteiger partial charge >= 0.3 is 0 Å². The number of hydrogen-bond donors (Lipinski definition) is 1. The van der Waals surface area contributed by atoms with E-state index in [2.05, 4.69) is 10.2 Å². The molecule has 1 N–H and O–H groups in total. The van der Waals surface area contributed by atoms with Crippen LogP contribution in [0.1, 0.15) is 37.8 Å². The van der Waals surface area contributed by atoms with Gasteiger partial charge in [0.25, 0.3) is 0 Å². The van der Waals surface area contributed by atoms with Gasteiger partial charge in [-0.15, -0.1) is 11.8 Å². The average molecular weight is 364 g/mol. The van der Waals surface area contributed by atoms with Crippen molar-refractivity contribution in [1.29, 1.82) is 0 Å². The highest BCUT2D eigenvalue weighted by Gasteiger charge is 2.37. The molecule has 1 saturated heterocycles. The average Bonchev–Trinajstić information content (AvgIpc) is 3.21. The zero-order valence-corrected chi connectivity index (χ0v) is 15.3. The smallest absolute Gasteiger partial charge is 0.0946 e. The van der Waals surface area contributed by atoms with Crippen LogP contribution < -0.4 is 0 Å². The van der Waals surface area contributed by atoms with Crippen LogP contribution in [0.5, 0.6) is 0 Å². The van der Waals surface area contributed by atoms with Gasteiger partial charge < -0.3 is 4.74 Å². The van der Waals surface area contributed by atoms with Gasteiger partial charge in [0.1, 0.15) is 0 Å². The second-order valence-electron chi connectivity index (χ2n) is 6.18. The van der Waals surface area contributed by atoms with Gasteiger partial charge in [-0.1, -0.05) is 0 Å². The Bertz CT molecular complexity index is 744. The highest BCUT2D eigenvalue weighted by atomic mass is 32.2. The largest absolute Gasteiger partial charge is 0.378 e. The second-order valence-corrected chi connectivity index (χ2v) is 8.61. The predicted octanol–water partition coefficient (Wildman–Crippen LogP) is 3.26. The number of aromatic amines is 1. The van der Waals surface area contributed by atoms with E-state index in [1.54, 1.807) is 18.0 Å². The molecule has 1 aromatic heterocycles. The number of nitrogens with zero attached hydrogens (tertiary/aromatic N) is 2. The Labute approximate surface area is 148 Å².